The highest BCUT2D eigenvalue weighted by Crippen LogP contribution is 2.32. The van der Waals surface area contributed by atoms with Crippen LogP contribution < -0.4 is 5.73 Å². The minimum atomic E-state index is -1.24. The second-order valence-corrected chi connectivity index (χ2v) is 6.48. The van der Waals surface area contributed by atoms with E-state index in [-0.39, 0.29) is 5.82 Å². The van der Waals surface area contributed by atoms with Gasteiger partial charge in [-0.2, -0.15) is 5.10 Å². The maximum absolute atomic E-state index is 10.3. The zero-order valence-corrected chi connectivity index (χ0v) is 14.7. The van der Waals surface area contributed by atoms with E-state index in [2.05, 4.69) is 27.0 Å². The number of rotatable bonds is 5. The molecule has 0 aromatic carbocycles. The Morgan fingerprint density at radius 3 is 2.78 bits per heavy atom. The summed E-state index contributed by atoms with van der Waals surface area (Å²) in [5.74, 6) is 0.555. The van der Waals surface area contributed by atoms with Crippen molar-refractivity contribution in [2.45, 2.75) is 44.4 Å². The average molecular weight is 375 g/mol. The monoisotopic (exact) mass is 375 g/mol. The van der Waals surface area contributed by atoms with Crippen LogP contribution in [0.2, 0.25) is 0 Å². The molecule has 0 saturated carbocycles. The number of fused-ring (bicyclic) bond motifs is 1. The lowest BCUT2D eigenvalue weighted by atomic mass is 10.1. The third-order valence-corrected chi connectivity index (χ3v) is 4.58. The van der Waals surface area contributed by atoms with Crippen LogP contribution in [0.25, 0.3) is 22.6 Å². The van der Waals surface area contributed by atoms with Crippen molar-refractivity contribution in [2.75, 3.05) is 12.3 Å². The van der Waals surface area contributed by atoms with Gasteiger partial charge in [0.25, 0.3) is 0 Å². The second-order valence-electron chi connectivity index (χ2n) is 6.48. The number of anilines is 1. The predicted molar refractivity (Wildman–Crippen MR) is 94.3 cm³/mol. The number of hydrogen-bond donors (Lipinski definition) is 4. The molecule has 1 aliphatic heterocycles. The van der Waals surface area contributed by atoms with E-state index in [9.17, 15) is 15.3 Å². The first-order chi connectivity index (χ1) is 13.0. The fourth-order valence-corrected chi connectivity index (χ4v) is 3.19. The van der Waals surface area contributed by atoms with Crippen LogP contribution in [0.1, 0.15) is 19.6 Å². The van der Waals surface area contributed by atoms with Gasteiger partial charge < -0.3 is 25.8 Å². The molecule has 3 aromatic rings. The van der Waals surface area contributed by atoms with Gasteiger partial charge in [0.2, 0.25) is 0 Å². The van der Waals surface area contributed by atoms with E-state index in [1.807, 2.05) is 6.20 Å². The van der Waals surface area contributed by atoms with Crippen molar-refractivity contribution in [3.8, 4) is 11.4 Å². The molecule has 11 heteroatoms. The molecular weight excluding hydrogens is 354 g/mol. The summed E-state index contributed by atoms with van der Waals surface area (Å²) in [5.41, 5.74) is 7.46. The number of aryl methyl sites for hydroxylation is 1. The topological polar surface area (TPSA) is 157 Å². The van der Waals surface area contributed by atoms with E-state index < -0.39 is 31.1 Å². The summed E-state index contributed by atoms with van der Waals surface area (Å²) >= 11 is 0. The summed E-state index contributed by atoms with van der Waals surface area (Å²) < 4.78 is 8.84. The zero-order chi connectivity index (χ0) is 19.1. The number of aliphatic hydroxyl groups excluding tert-OH is 3. The molecule has 0 amide bonds. The third kappa shape index (κ3) is 2.94. The molecule has 1 saturated heterocycles. The first kappa shape index (κ1) is 17.8. The van der Waals surface area contributed by atoms with Gasteiger partial charge in [0.15, 0.2) is 23.5 Å². The van der Waals surface area contributed by atoms with Crippen LogP contribution in [0.4, 0.5) is 5.82 Å². The molecule has 4 heterocycles. The van der Waals surface area contributed by atoms with Gasteiger partial charge >= 0.3 is 0 Å². The van der Waals surface area contributed by atoms with Crippen LogP contribution in [0.15, 0.2) is 18.7 Å². The van der Waals surface area contributed by atoms with Crippen molar-refractivity contribution in [1.82, 2.24) is 29.3 Å². The lowest BCUT2D eigenvalue weighted by Crippen LogP contribution is -2.33. The molecule has 1 fully saturated rings. The van der Waals surface area contributed by atoms with Crippen LogP contribution in [-0.2, 0) is 11.3 Å². The van der Waals surface area contributed by atoms with Gasteiger partial charge in [-0.3, -0.25) is 9.25 Å². The van der Waals surface area contributed by atoms with E-state index >= 15 is 0 Å². The molecular formula is C16H21N7O4. The molecule has 0 unspecified atom stereocenters. The van der Waals surface area contributed by atoms with Crippen LogP contribution in [-0.4, -0.2) is 69.5 Å². The Labute approximate surface area is 154 Å². The van der Waals surface area contributed by atoms with Gasteiger partial charge in [-0.05, 0) is 6.42 Å². The van der Waals surface area contributed by atoms with E-state index in [4.69, 9.17) is 10.5 Å². The quantitative estimate of drug-likeness (QED) is 0.452. The first-order valence-electron chi connectivity index (χ1n) is 8.68. The molecule has 0 bridgehead atoms. The number of nitrogen functional groups attached to an aromatic ring is 1. The number of aliphatic hydroxyl groups is 3. The number of imidazole rings is 1. The highest BCUT2D eigenvalue weighted by Gasteiger charge is 2.44. The van der Waals surface area contributed by atoms with Gasteiger partial charge in [-0.15, -0.1) is 0 Å². The molecule has 5 N–H and O–H groups in total. The van der Waals surface area contributed by atoms with Gasteiger partial charge in [0, 0.05) is 12.7 Å². The Morgan fingerprint density at radius 1 is 1.26 bits per heavy atom. The average Bonchev–Trinajstić information content (AvgIpc) is 3.35. The molecule has 1 aliphatic rings. The van der Waals surface area contributed by atoms with Gasteiger partial charge in [0.1, 0.15) is 23.8 Å². The summed E-state index contributed by atoms with van der Waals surface area (Å²) in [5, 5.41) is 33.8. The molecule has 0 radical (unpaired) electrons. The zero-order valence-electron chi connectivity index (χ0n) is 14.7. The van der Waals surface area contributed by atoms with Gasteiger partial charge in [-0.1, -0.05) is 6.92 Å². The maximum Gasteiger partial charge on any atom is 0.168 e. The molecule has 4 rings (SSSR count). The van der Waals surface area contributed by atoms with Crippen molar-refractivity contribution in [2.24, 2.45) is 0 Å². The highest BCUT2D eigenvalue weighted by atomic mass is 16.6. The van der Waals surface area contributed by atoms with Crippen molar-refractivity contribution in [3.63, 3.8) is 0 Å². The van der Waals surface area contributed by atoms with E-state index in [1.54, 1.807) is 10.9 Å². The van der Waals surface area contributed by atoms with Crippen molar-refractivity contribution in [1.29, 1.82) is 0 Å². The van der Waals surface area contributed by atoms with E-state index in [1.165, 1.54) is 10.9 Å². The largest absolute Gasteiger partial charge is 0.394 e. The lowest BCUT2D eigenvalue weighted by Gasteiger charge is -2.16. The summed E-state index contributed by atoms with van der Waals surface area (Å²) in [4.78, 5) is 13.0. The van der Waals surface area contributed by atoms with E-state index in [0.29, 0.717) is 22.6 Å². The normalized spacial score (nSPS) is 25.5. The molecule has 0 aliphatic carbocycles. The SMILES string of the molecule is CCCn1cc(-c2nc(N)c3ncn([C@@H]4O[C@H](CO)[C@H](O)[C@H]4O)c3n2)cn1. The number of ether oxygens (including phenoxy) is 1. The molecule has 27 heavy (non-hydrogen) atoms. The smallest absolute Gasteiger partial charge is 0.168 e. The minimum absolute atomic E-state index is 0.184. The number of aromatic nitrogens is 6. The lowest BCUT2D eigenvalue weighted by molar-refractivity contribution is -0.0511. The summed E-state index contributed by atoms with van der Waals surface area (Å²) in [6.45, 7) is 2.42. The van der Waals surface area contributed by atoms with Crippen LogP contribution in [0.5, 0.6) is 0 Å². The Bertz CT molecular complexity index is 956. The fraction of sp³-hybridized carbons (Fsp3) is 0.500. The molecule has 0 spiro atoms. The van der Waals surface area contributed by atoms with Crippen LogP contribution in [0.3, 0.4) is 0 Å². The van der Waals surface area contributed by atoms with Crippen molar-refractivity contribution < 1.29 is 20.1 Å². The summed E-state index contributed by atoms with van der Waals surface area (Å²) in [7, 11) is 0. The number of nitrogens with zero attached hydrogens (tertiary/aromatic N) is 6. The van der Waals surface area contributed by atoms with Crippen LogP contribution >= 0.6 is 0 Å². The van der Waals surface area contributed by atoms with Gasteiger partial charge in [0.05, 0.1) is 24.7 Å². The summed E-state index contributed by atoms with van der Waals surface area (Å²) in [6.07, 6.45) is 1.54. The highest BCUT2D eigenvalue weighted by molar-refractivity contribution is 5.83. The Kier molecular flexibility index (Phi) is 4.52. The standard InChI is InChI=1S/C16H21N7O4/c1-2-3-22-5-8(4-19-22)14-20-13(17)10-15(21-14)23(7-18-10)16-12(26)11(25)9(6-24)27-16/h4-5,7,9,11-12,16,24-26H,2-3,6H2,1H3,(H2,17,20,21)/t9-,11+,12-,16-/m1/s1. The number of hydrogen-bond acceptors (Lipinski definition) is 9. The van der Waals surface area contributed by atoms with Crippen molar-refractivity contribution >= 4 is 17.0 Å². The Morgan fingerprint density at radius 2 is 2.07 bits per heavy atom. The fourth-order valence-electron chi connectivity index (χ4n) is 3.19. The van der Waals surface area contributed by atoms with Crippen molar-refractivity contribution in [3.05, 3.63) is 18.7 Å². The molecule has 4 atom stereocenters. The van der Waals surface area contributed by atoms with Crippen LogP contribution in [0, 0.1) is 0 Å². The number of nitrogens with two attached hydrogens (primary N) is 1. The molecule has 3 aromatic heterocycles. The molecule has 144 valence electrons. The van der Waals surface area contributed by atoms with E-state index in [0.717, 1.165) is 13.0 Å². The van der Waals surface area contributed by atoms with Gasteiger partial charge in [-0.25, -0.2) is 15.0 Å². The Balaban J connectivity index is 1.76. The third-order valence-electron chi connectivity index (χ3n) is 4.58. The Hall–Kier alpha value is -2.60. The second kappa shape index (κ2) is 6.85. The first-order valence-corrected chi connectivity index (χ1v) is 8.68. The minimum Gasteiger partial charge on any atom is -0.394 e. The summed E-state index contributed by atoms with van der Waals surface area (Å²) in [6, 6.07) is 0. The maximum atomic E-state index is 10.3. The molecule has 11 nitrogen and oxygen atoms in total. The predicted octanol–water partition coefficient (Wildman–Crippen LogP) is -0.707.